The van der Waals surface area contributed by atoms with Crippen LogP contribution in [0.3, 0.4) is 0 Å². The van der Waals surface area contributed by atoms with E-state index in [1.54, 1.807) is 0 Å². The number of amides is 1. The van der Waals surface area contributed by atoms with E-state index < -0.39 is 0 Å². The molecule has 1 aliphatic heterocycles. The molecule has 2 aromatic heterocycles. The Labute approximate surface area is 205 Å². The van der Waals surface area contributed by atoms with Crippen LogP contribution in [0.15, 0.2) is 60.7 Å². The molecule has 7 nitrogen and oxygen atoms in total. The highest BCUT2D eigenvalue weighted by atomic mass is 16.5. The fraction of sp³-hybridized carbons (Fsp3) is 0.321. The fourth-order valence-electron chi connectivity index (χ4n) is 4.70. The summed E-state index contributed by atoms with van der Waals surface area (Å²) in [6.07, 6.45) is 2.01. The first-order valence-corrected chi connectivity index (χ1v) is 12.1. The van der Waals surface area contributed by atoms with Crippen molar-refractivity contribution >= 4 is 22.6 Å². The second kappa shape index (κ2) is 9.88. The van der Waals surface area contributed by atoms with Crippen LogP contribution in [0.25, 0.3) is 22.2 Å². The van der Waals surface area contributed by atoms with Gasteiger partial charge in [-0.25, -0.2) is 4.98 Å². The van der Waals surface area contributed by atoms with Gasteiger partial charge < -0.3 is 14.5 Å². The summed E-state index contributed by atoms with van der Waals surface area (Å²) < 4.78 is 5.90. The molecule has 3 heterocycles. The number of anilines is 1. The minimum absolute atomic E-state index is 0.0360. The van der Waals surface area contributed by atoms with Gasteiger partial charge in [-0.1, -0.05) is 48.5 Å². The predicted octanol–water partition coefficient (Wildman–Crippen LogP) is 4.82. The Balaban J connectivity index is 1.49. The van der Waals surface area contributed by atoms with E-state index >= 15 is 0 Å². The number of hydrogen-bond acceptors (Lipinski definition) is 5. The number of nitrogens with one attached hydrogen (secondary N) is 1. The summed E-state index contributed by atoms with van der Waals surface area (Å²) in [5, 5.41) is 8.43. The van der Waals surface area contributed by atoms with Gasteiger partial charge in [-0.2, -0.15) is 5.10 Å². The molecule has 0 spiro atoms. The van der Waals surface area contributed by atoms with Crippen LogP contribution in [0.1, 0.15) is 34.5 Å². The molecule has 0 aliphatic carbocycles. The summed E-state index contributed by atoms with van der Waals surface area (Å²) in [5.74, 6) is 0.774. The molecule has 1 aliphatic rings. The zero-order valence-electron chi connectivity index (χ0n) is 20.5. The third-order valence-electron chi connectivity index (χ3n) is 6.50. The van der Waals surface area contributed by atoms with Crippen molar-refractivity contribution in [3.63, 3.8) is 0 Å². The van der Waals surface area contributed by atoms with E-state index in [0.717, 1.165) is 58.6 Å². The second-order valence-electron chi connectivity index (χ2n) is 9.37. The number of aromatic amines is 1. The molecule has 180 valence electrons. The number of pyridine rings is 1. The van der Waals surface area contributed by atoms with Gasteiger partial charge in [-0.05, 0) is 37.5 Å². The average Bonchev–Trinajstić information content (AvgIpc) is 3.56. The number of para-hydroxylation sites is 1. The lowest BCUT2D eigenvalue weighted by molar-refractivity contribution is 0.0503. The minimum Gasteiger partial charge on any atom is -0.376 e. The van der Waals surface area contributed by atoms with Crippen LogP contribution in [0, 0.1) is 6.92 Å². The smallest absolute Gasteiger partial charge is 0.272 e. The second-order valence-corrected chi connectivity index (χ2v) is 9.37. The Morgan fingerprint density at radius 1 is 1.11 bits per heavy atom. The lowest BCUT2D eigenvalue weighted by Gasteiger charge is -2.27. The van der Waals surface area contributed by atoms with Gasteiger partial charge in [0, 0.05) is 50.3 Å². The van der Waals surface area contributed by atoms with E-state index in [1.165, 1.54) is 0 Å². The number of carbonyl (C=O) groups excluding carboxylic acids is 1. The van der Waals surface area contributed by atoms with E-state index in [-0.39, 0.29) is 12.0 Å². The van der Waals surface area contributed by atoms with Crippen molar-refractivity contribution in [3.8, 4) is 11.3 Å². The monoisotopic (exact) mass is 469 g/mol. The lowest BCUT2D eigenvalue weighted by atomic mass is 10.1. The molecule has 0 saturated carbocycles. The predicted molar refractivity (Wildman–Crippen MR) is 139 cm³/mol. The Morgan fingerprint density at radius 2 is 1.94 bits per heavy atom. The maximum atomic E-state index is 13.7. The van der Waals surface area contributed by atoms with E-state index in [1.807, 2.05) is 66.4 Å². The Kier molecular flexibility index (Phi) is 6.51. The Morgan fingerprint density at radius 3 is 2.69 bits per heavy atom. The first-order valence-electron chi connectivity index (χ1n) is 12.1. The standard InChI is InChI=1S/C28H31N5O2/c1-19-9-7-12-21-15-22(27(32(2)3)29-26(19)21)17-33(18-23-13-8-14-35-23)28(34)25-16-24(30-31-25)20-10-5-4-6-11-20/h4-7,9-12,15-16,23H,8,13-14,17-18H2,1-3H3,(H,30,31). The number of fused-ring (bicyclic) bond motifs is 1. The van der Waals surface area contributed by atoms with Gasteiger partial charge in [0.25, 0.3) is 5.91 Å². The highest BCUT2D eigenvalue weighted by Crippen LogP contribution is 2.27. The van der Waals surface area contributed by atoms with Crippen molar-refractivity contribution in [3.05, 3.63) is 77.5 Å². The molecule has 1 atom stereocenters. The van der Waals surface area contributed by atoms with Crippen LogP contribution >= 0.6 is 0 Å². The van der Waals surface area contributed by atoms with E-state index in [2.05, 4.69) is 35.3 Å². The number of benzene rings is 2. The van der Waals surface area contributed by atoms with Gasteiger partial charge in [-0.15, -0.1) is 0 Å². The molecular weight excluding hydrogens is 438 g/mol. The van der Waals surface area contributed by atoms with E-state index in [4.69, 9.17) is 9.72 Å². The number of hydrogen-bond donors (Lipinski definition) is 1. The molecular formula is C28H31N5O2. The molecule has 1 amide bonds. The van der Waals surface area contributed by atoms with E-state index in [9.17, 15) is 4.79 Å². The average molecular weight is 470 g/mol. The molecule has 2 aromatic carbocycles. The maximum Gasteiger partial charge on any atom is 0.272 e. The number of nitrogens with zero attached hydrogens (tertiary/aromatic N) is 4. The third kappa shape index (κ3) is 4.91. The molecule has 4 aromatic rings. The van der Waals surface area contributed by atoms with Gasteiger partial charge in [-0.3, -0.25) is 9.89 Å². The zero-order valence-corrected chi connectivity index (χ0v) is 20.5. The number of carbonyl (C=O) groups is 1. The molecule has 1 N–H and O–H groups in total. The molecule has 0 radical (unpaired) electrons. The van der Waals surface area contributed by atoms with Crippen molar-refractivity contribution in [2.24, 2.45) is 0 Å². The van der Waals surface area contributed by atoms with Crippen molar-refractivity contribution in [2.75, 3.05) is 32.1 Å². The van der Waals surface area contributed by atoms with Gasteiger partial charge >= 0.3 is 0 Å². The molecule has 7 heteroatoms. The quantitative estimate of drug-likeness (QED) is 0.420. The first-order chi connectivity index (χ1) is 17.0. The van der Waals surface area contributed by atoms with Gasteiger partial charge in [0.05, 0.1) is 17.3 Å². The topological polar surface area (TPSA) is 74.3 Å². The third-order valence-corrected chi connectivity index (χ3v) is 6.50. The molecule has 5 rings (SSSR count). The summed E-state index contributed by atoms with van der Waals surface area (Å²) in [7, 11) is 3.98. The SMILES string of the molecule is Cc1cccc2cc(CN(CC3CCCO3)C(=O)c3cc(-c4ccccc4)n[nH]3)c(N(C)C)nc12. The molecule has 1 saturated heterocycles. The first kappa shape index (κ1) is 23.1. The summed E-state index contributed by atoms with van der Waals surface area (Å²) in [5.41, 5.74) is 5.31. The van der Waals surface area contributed by atoms with Gasteiger partial charge in [0.15, 0.2) is 0 Å². The van der Waals surface area contributed by atoms with Gasteiger partial charge in [0.2, 0.25) is 0 Å². The van der Waals surface area contributed by atoms with Crippen LogP contribution in [0.2, 0.25) is 0 Å². The number of aryl methyl sites for hydroxylation is 1. The Bertz CT molecular complexity index is 1330. The maximum absolute atomic E-state index is 13.7. The van der Waals surface area contributed by atoms with Crippen LogP contribution < -0.4 is 4.90 Å². The summed E-state index contributed by atoms with van der Waals surface area (Å²) in [6.45, 7) is 3.78. The highest BCUT2D eigenvalue weighted by Gasteiger charge is 2.26. The highest BCUT2D eigenvalue weighted by molar-refractivity contribution is 5.93. The van der Waals surface area contributed by atoms with Crippen molar-refractivity contribution in [1.82, 2.24) is 20.1 Å². The molecule has 0 bridgehead atoms. The minimum atomic E-state index is -0.0933. The summed E-state index contributed by atoms with van der Waals surface area (Å²) in [6, 6.07) is 20.0. The van der Waals surface area contributed by atoms with Crippen LogP contribution in [0.5, 0.6) is 0 Å². The van der Waals surface area contributed by atoms with Crippen molar-refractivity contribution in [2.45, 2.75) is 32.4 Å². The number of aromatic nitrogens is 3. The lowest BCUT2D eigenvalue weighted by Crippen LogP contribution is -2.37. The van der Waals surface area contributed by atoms with Crippen molar-refractivity contribution in [1.29, 1.82) is 0 Å². The number of H-pyrrole nitrogens is 1. The van der Waals surface area contributed by atoms with E-state index in [0.29, 0.717) is 18.8 Å². The Hall–Kier alpha value is -3.71. The number of ether oxygens (including phenoxy) is 1. The van der Waals surface area contributed by atoms with Crippen molar-refractivity contribution < 1.29 is 9.53 Å². The van der Waals surface area contributed by atoms with Crippen LogP contribution in [-0.2, 0) is 11.3 Å². The largest absolute Gasteiger partial charge is 0.376 e. The molecule has 1 fully saturated rings. The van der Waals surface area contributed by atoms with Crippen LogP contribution in [-0.4, -0.2) is 59.3 Å². The molecule has 35 heavy (non-hydrogen) atoms. The zero-order chi connectivity index (χ0) is 24.4. The van der Waals surface area contributed by atoms with Gasteiger partial charge in [0.1, 0.15) is 11.5 Å². The summed E-state index contributed by atoms with van der Waals surface area (Å²) in [4.78, 5) is 22.6. The number of rotatable bonds is 7. The molecule has 1 unspecified atom stereocenters. The van der Waals surface area contributed by atoms with Crippen LogP contribution in [0.4, 0.5) is 5.82 Å². The fourth-order valence-corrected chi connectivity index (χ4v) is 4.70. The normalized spacial score (nSPS) is 15.5. The summed E-state index contributed by atoms with van der Waals surface area (Å²) >= 11 is 0.